The molecule has 1 aliphatic rings. The summed E-state index contributed by atoms with van der Waals surface area (Å²) in [5.74, 6) is 0.850. The lowest BCUT2D eigenvalue weighted by Crippen LogP contribution is -2.39. The van der Waals surface area contributed by atoms with E-state index in [2.05, 4.69) is 6.92 Å². The van der Waals surface area contributed by atoms with E-state index in [1.807, 2.05) is 11.9 Å². The SMILES string of the molecule is CCC1CCCC(CN(C)C(C)C(=O)O)C1. The van der Waals surface area contributed by atoms with Gasteiger partial charge >= 0.3 is 5.97 Å². The first kappa shape index (κ1) is 13.5. The monoisotopic (exact) mass is 227 g/mol. The Kier molecular flexibility index (Phi) is 5.26. The zero-order chi connectivity index (χ0) is 12.1. The molecule has 0 heterocycles. The molecule has 94 valence electrons. The zero-order valence-electron chi connectivity index (χ0n) is 10.8. The molecular formula is C13H25NO2. The lowest BCUT2D eigenvalue weighted by Gasteiger charge is -2.32. The molecule has 3 unspecified atom stereocenters. The highest BCUT2D eigenvalue weighted by atomic mass is 16.4. The molecule has 0 saturated heterocycles. The summed E-state index contributed by atoms with van der Waals surface area (Å²) in [4.78, 5) is 12.8. The number of aliphatic carboxylic acids is 1. The summed E-state index contributed by atoms with van der Waals surface area (Å²) in [6.07, 6.45) is 6.51. The summed E-state index contributed by atoms with van der Waals surface area (Å²) in [7, 11) is 1.92. The number of likely N-dealkylation sites (N-methyl/N-ethyl adjacent to an activating group) is 1. The average Bonchev–Trinajstić information content (AvgIpc) is 2.28. The second kappa shape index (κ2) is 6.24. The van der Waals surface area contributed by atoms with Gasteiger partial charge in [0.05, 0.1) is 0 Å². The van der Waals surface area contributed by atoms with Gasteiger partial charge in [-0.05, 0) is 38.6 Å². The molecule has 1 aliphatic carbocycles. The predicted molar refractivity (Wildman–Crippen MR) is 65.5 cm³/mol. The number of carboxylic acids is 1. The summed E-state index contributed by atoms with van der Waals surface area (Å²) in [6, 6.07) is -0.359. The predicted octanol–water partition coefficient (Wildman–Crippen LogP) is 2.61. The van der Waals surface area contributed by atoms with Gasteiger partial charge in [0, 0.05) is 6.54 Å². The Morgan fingerprint density at radius 3 is 2.62 bits per heavy atom. The minimum Gasteiger partial charge on any atom is -0.480 e. The molecule has 0 radical (unpaired) electrons. The second-order valence-electron chi connectivity index (χ2n) is 5.26. The van der Waals surface area contributed by atoms with Crippen LogP contribution in [0.5, 0.6) is 0 Å². The topological polar surface area (TPSA) is 40.5 Å². The summed E-state index contributed by atoms with van der Waals surface area (Å²) < 4.78 is 0. The maximum absolute atomic E-state index is 10.9. The van der Waals surface area contributed by atoms with Gasteiger partial charge in [-0.25, -0.2) is 0 Å². The van der Waals surface area contributed by atoms with Crippen LogP contribution in [0.3, 0.4) is 0 Å². The summed E-state index contributed by atoms with van der Waals surface area (Å²) in [6.45, 7) is 4.96. The number of hydrogen-bond donors (Lipinski definition) is 1. The van der Waals surface area contributed by atoms with Crippen molar-refractivity contribution >= 4 is 5.97 Å². The lowest BCUT2D eigenvalue weighted by molar-refractivity contribution is -0.142. The molecule has 0 aliphatic heterocycles. The smallest absolute Gasteiger partial charge is 0.320 e. The van der Waals surface area contributed by atoms with Crippen LogP contribution in [0, 0.1) is 11.8 Å². The van der Waals surface area contributed by atoms with Gasteiger partial charge in [0.1, 0.15) is 6.04 Å². The molecule has 0 amide bonds. The molecule has 0 aromatic carbocycles. The van der Waals surface area contributed by atoms with Crippen molar-refractivity contribution in [3.8, 4) is 0 Å². The Morgan fingerprint density at radius 1 is 1.44 bits per heavy atom. The van der Waals surface area contributed by atoms with Crippen molar-refractivity contribution in [1.29, 1.82) is 0 Å². The van der Waals surface area contributed by atoms with Crippen molar-refractivity contribution in [2.75, 3.05) is 13.6 Å². The molecule has 0 aromatic heterocycles. The Bertz CT molecular complexity index is 230. The first-order valence-electron chi connectivity index (χ1n) is 6.47. The Hall–Kier alpha value is -0.570. The van der Waals surface area contributed by atoms with E-state index in [1.165, 1.54) is 32.1 Å². The fourth-order valence-corrected chi connectivity index (χ4v) is 2.69. The highest BCUT2D eigenvalue weighted by Crippen LogP contribution is 2.31. The van der Waals surface area contributed by atoms with Crippen LogP contribution < -0.4 is 0 Å². The van der Waals surface area contributed by atoms with Crippen molar-refractivity contribution in [3.63, 3.8) is 0 Å². The molecule has 0 bridgehead atoms. The molecule has 1 saturated carbocycles. The van der Waals surface area contributed by atoms with Gasteiger partial charge < -0.3 is 5.11 Å². The number of rotatable bonds is 5. The third-order valence-electron chi connectivity index (χ3n) is 4.03. The van der Waals surface area contributed by atoms with E-state index in [0.717, 1.165) is 12.5 Å². The third-order valence-corrected chi connectivity index (χ3v) is 4.03. The molecular weight excluding hydrogens is 202 g/mol. The van der Waals surface area contributed by atoms with Crippen molar-refractivity contribution in [1.82, 2.24) is 4.90 Å². The minimum absolute atomic E-state index is 0.359. The van der Waals surface area contributed by atoms with E-state index in [-0.39, 0.29) is 6.04 Å². The minimum atomic E-state index is -0.717. The zero-order valence-corrected chi connectivity index (χ0v) is 10.8. The molecule has 16 heavy (non-hydrogen) atoms. The number of carbonyl (C=O) groups is 1. The molecule has 3 atom stereocenters. The first-order chi connectivity index (χ1) is 7.54. The largest absolute Gasteiger partial charge is 0.480 e. The van der Waals surface area contributed by atoms with E-state index in [0.29, 0.717) is 5.92 Å². The molecule has 1 rings (SSSR count). The molecule has 1 fully saturated rings. The van der Waals surface area contributed by atoms with E-state index in [1.54, 1.807) is 6.92 Å². The van der Waals surface area contributed by atoms with Gasteiger partial charge in [0.15, 0.2) is 0 Å². The second-order valence-corrected chi connectivity index (χ2v) is 5.26. The fraction of sp³-hybridized carbons (Fsp3) is 0.923. The summed E-state index contributed by atoms with van der Waals surface area (Å²) in [5, 5.41) is 8.94. The van der Waals surface area contributed by atoms with Gasteiger partial charge in [-0.1, -0.05) is 26.2 Å². The molecule has 0 spiro atoms. The lowest BCUT2D eigenvalue weighted by atomic mass is 9.80. The van der Waals surface area contributed by atoms with Crippen molar-refractivity contribution in [2.24, 2.45) is 11.8 Å². The van der Waals surface area contributed by atoms with Crippen molar-refractivity contribution < 1.29 is 9.90 Å². The van der Waals surface area contributed by atoms with Crippen LogP contribution in [0.2, 0.25) is 0 Å². The molecule has 3 nitrogen and oxygen atoms in total. The van der Waals surface area contributed by atoms with Gasteiger partial charge in [-0.3, -0.25) is 9.69 Å². The Balaban J connectivity index is 2.38. The van der Waals surface area contributed by atoms with E-state index < -0.39 is 5.97 Å². The van der Waals surface area contributed by atoms with Gasteiger partial charge in [0.25, 0.3) is 0 Å². The normalized spacial score (nSPS) is 28.0. The highest BCUT2D eigenvalue weighted by molar-refractivity contribution is 5.72. The molecule has 3 heteroatoms. The van der Waals surface area contributed by atoms with E-state index in [4.69, 9.17) is 5.11 Å². The first-order valence-corrected chi connectivity index (χ1v) is 6.47. The van der Waals surface area contributed by atoms with Crippen LogP contribution in [-0.4, -0.2) is 35.6 Å². The van der Waals surface area contributed by atoms with Crippen LogP contribution in [0.15, 0.2) is 0 Å². The van der Waals surface area contributed by atoms with Crippen LogP contribution in [-0.2, 0) is 4.79 Å². The van der Waals surface area contributed by atoms with Crippen LogP contribution in [0.25, 0.3) is 0 Å². The van der Waals surface area contributed by atoms with Crippen LogP contribution >= 0.6 is 0 Å². The molecule has 0 aromatic rings. The maximum Gasteiger partial charge on any atom is 0.320 e. The van der Waals surface area contributed by atoms with Crippen molar-refractivity contribution in [2.45, 2.75) is 52.0 Å². The van der Waals surface area contributed by atoms with Crippen molar-refractivity contribution in [3.05, 3.63) is 0 Å². The molecule has 1 N–H and O–H groups in total. The summed E-state index contributed by atoms with van der Waals surface area (Å²) >= 11 is 0. The van der Waals surface area contributed by atoms with E-state index in [9.17, 15) is 4.79 Å². The summed E-state index contributed by atoms with van der Waals surface area (Å²) in [5.41, 5.74) is 0. The quantitative estimate of drug-likeness (QED) is 0.785. The van der Waals surface area contributed by atoms with Crippen LogP contribution in [0.1, 0.15) is 46.0 Å². The van der Waals surface area contributed by atoms with Crippen LogP contribution in [0.4, 0.5) is 0 Å². The fourth-order valence-electron chi connectivity index (χ4n) is 2.69. The number of hydrogen-bond acceptors (Lipinski definition) is 2. The van der Waals surface area contributed by atoms with Gasteiger partial charge in [0.2, 0.25) is 0 Å². The standard InChI is InChI=1S/C13H25NO2/c1-4-11-6-5-7-12(8-11)9-14(3)10(2)13(15)16/h10-12H,4-9H2,1-3H3,(H,15,16). The number of carboxylic acid groups (broad SMARTS) is 1. The third kappa shape index (κ3) is 3.78. The average molecular weight is 227 g/mol. The highest BCUT2D eigenvalue weighted by Gasteiger charge is 2.24. The Morgan fingerprint density at radius 2 is 2.06 bits per heavy atom. The van der Waals surface area contributed by atoms with E-state index >= 15 is 0 Å². The van der Waals surface area contributed by atoms with Gasteiger partial charge in [-0.15, -0.1) is 0 Å². The Labute approximate surface area is 98.8 Å². The van der Waals surface area contributed by atoms with Gasteiger partial charge in [-0.2, -0.15) is 0 Å². The maximum atomic E-state index is 10.9. The number of nitrogens with zero attached hydrogens (tertiary/aromatic N) is 1.